The third kappa shape index (κ3) is 5.64. The molecule has 0 aromatic heterocycles. The van der Waals surface area contributed by atoms with E-state index in [1.54, 1.807) is 38.2 Å². The van der Waals surface area contributed by atoms with Gasteiger partial charge in [-0.1, -0.05) is 0 Å². The largest absolute Gasteiger partial charge is 0.478 e. The van der Waals surface area contributed by atoms with Crippen LogP contribution in [0, 0.1) is 0 Å². The molecule has 0 atom stereocenters. The number of benzene rings is 1. The number of carboxylic acids is 1. The normalized spacial score (nSPS) is 8.38. The van der Waals surface area contributed by atoms with Crippen molar-refractivity contribution in [2.24, 2.45) is 0 Å². The summed E-state index contributed by atoms with van der Waals surface area (Å²) in [5.41, 5.74) is 1.22. The molecule has 2 N–H and O–H groups in total. The summed E-state index contributed by atoms with van der Waals surface area (Å²) in [6.07, 6.45) is 0. The fraction of sp³-hybridized carbons (Fsp3) is 0.273. The van der Waals surface area contributed by atoms with Crippen molar-refractivity contribution in [1.82, 2.24) is 0 Å². The molecule has 0 bridgehead atoms. The molecule has 1 aromatic rings. The smallest absolute Gasteiger partial charge is 0.335 e. The lowest BCUT2D eigenvalue weighted by atomic mass is 10.2. The number of carbonyl (C=O) groups is 2. The molecule has 16 heavy (non-hydrogen) atoms. The number of carboxylic acid groups (broad SMARTS) is 1. The van der Waals surface area contributed by atoms with E-state index in [0.717, 1.165) is 5.69 Å². The number of anilines is 1. The average Bonchev–Trinajstić information content (AvgIpc) is 2.31. The van der Waals surface area contributed by atoms with Gasteiger partial charge in [-0.05, 0) is 31.2 Å². The molecule has 0 aliphatic carbocycles. The van der Waals surface area contributed by atoms with Gasteiger partial charge in [0.05, 0.1) is 12.2 Å². The topological polar surface area (TPSA) is 75.6 Å². The molecule has 0 aliphatic rings. The third-order valence-corrected chi connectivity index (χ3v) is 1.66. The van der Waals surface area contributed by atoms with Crippen LogP contribution in [0.2, 0.25) is 0 Å². The van der Waals surface area contributed by atoms with Gasteiger partial charge in [0.15, 0.2) is 0 Å². The summed E-state index contributed by atoms with van der Waals surface area (Å²) < 4.78 is 4.15. The second-order valence-electron chi connectivity index (χ2n) is 2.68. The average molecular weight is 225 g/mol. The van der Waals surface area contributed by atoms with Crippen LogP contribution in [0.4, 0.5) is 5.69 Å². The number of aromatic carboxylic acids is 1. The van der Waals surface area contributed by atoms with Crippen LogP contribution < -0.4 is 5.32 Å². The van der Waals surface area contributed by atoms with Crippen LogP contribution in [0.5, 0.6) is 0 Å². The van der Waals surface area contributed by atoms with Gasteiger partial charge in [-0.15, -0.1) is 0 Å². The standard InChI is InChI=1S/C8H9NO2.C3H6O2/c1-9-7-4-2-6(3-5-7)8(10)11;1-2-5-3-4/h2-5,9H,1H3,(H,10,11);3H,2H2,1H3. The zero-order valence-corrected chi connectivity index (χ0v) is 9.27. The molecule has 0 radical (unpaired) electrons. The maximum Gasteiger partial charge on any atom is 0.335 e. The molecule has 1 rings (SSSR count). The Morgan fingerprint density at radius 1 is 1.44 bits per heavy atom. The molecule has 0 spiro atoms. The minimum atomic E-state index is -0.896. The van der Waals surface area contributed by atoms with Gasteiger partial charge in [0.2, 0.25) is 0 Å². The number of carbonyl (C=O) groups excluding carboxylic acids is 1. The first-order valence-electron chi connectivity index (χ1n) is 4.72. The highest BCUT2D eigenvalue weighted by molar-refractivity contribution is 5.87. The van der Waals surface area contributed by atoms with Gasteiger partial charge >= 0.3 is 5.97 Å². The van der Waals surface area contributed by atoms with Gasteiger partial charge in [0.25, 0.3) is 6.47 Å². The van der Waals surface area contributed by atoms with Gasteiger partial charge in [-0.2, -0.15) is 0 Å². The maximum absolute atomic E-state index is 10.4. The fourth-order valence-corrected chi connectivity index (χ4v) is 0.848. The Kier molecular flexibility index (Phi) is 7.23. The van der Waals surface area contributed by atoms with Gasteiger partial charge in [0.1, 0.15) is 0 Å². The molecular formula is C11H15NO4. The lowest BCUT2D eigenvalue weighted by Crippen LogP contribution is -1.96. The van der Waals surface area contributed by atoms with E-state index in [4.69, 9.17) is 5.11 Å². The molecule has 0 fully saturated rings. The lowest BCUT2D eigenvalue weighted by molar-refractivity contribution is -0.128. The van der Waals surface area contributed by atoms with E-state index in [0.29, 0.717) is 18.6 Å². The molecule has 5 nitrogen and oxygen atoms in total. The Hall–Kier alpha value is -2.04. The molecular weight excluding hydrogens is 210 g/mol. The Labute approximate surface area is 94.0 Å². The fourth-order valence-electron chi connectivity index (χ4n) is 0.848. The summed E-state index contributed by atoms with van der Waals surface area (Å²) in [7, 11) is 1.79. The molecule has 0 heterocycles. The summed E-state index contributed by atoms with van der Waals surface area (Å²) >= 11 is 0. The van der Waals surface area contributed by atoms with Crippen LogP contribution in [-0.4, -0.2) is 31.2 Å². The summed E-state index contributed by atoms with van der Waals surface area (Å²) in [5, 5.41) is 11.4. The summed E-state index contributed by atoms with van der Waals surface area (Å²) in [4.78, 5) is 19.6. The second kappa shape index (κ2) is 8.28. The Balaban J connectivity index is 0.000000385. The van der Waals surface area contributed by atoms with Crippen molar-refractivity contribution in [2.75, 3.05) is 19.0 Å². The first-order chi connectivity index (χ1) is 7.65. The minimum Gasteiger partial charge on any atom is -0.478 e. The SMILES string of the molecule is CCOC=O.CNc1ccc(C(=O)O)cc1. The summed E-state index contributed by atoms with van der Waals surface area (Å²) in [6.45, 7) is 2.66. The molecule has 0 aliphatic heterocycles. The summed E-state index contributed by atoms with van der Waals surface area (Å²) in [5.74, 6) is -0.896. The minimum absolute atomic E-state index is 0.309. The van der Waals surface area contributed by atoms with Crippen molar-refractivity contribution >= 4 is 18.1 Å². The van der Waals surface area contributed by atoms with E-state index in [2.05, 4.69) is 10.1 Å². The lowest BCUT2D eigenvalue weighted by Gasteiger charge is -1.98. The van der Waals surface area contributed by atoms with E-state index in [9.17, 15) is 9.59 Å². The van der Waals surface area contributed by atoms with Gasteiger partial charge in [-0.3, -0.25) is 4.79 Å². The third-order valence-electron chi connectivity index (χ3n) is 1.66. The van der Waals surface area contributed by atoms with E-state index >= 15 is 0 Å². The van der Waals surface area contributed by atoms with Crippen molar-refractivity contribution in [2.45, 2.75) is 6.92 Å². The van der Waals surface area contributed by atoms with E-state index < -0.39 is 5.97 Å². The Morgan fingerprint density at radius 3 is 2.25 bits per heavy atom. The highest BCUT2D eigenvalue weighted by Gasteiger charge is 1.99. The number of hydrogen-bond acceptors (Lipinski definition) is 4. The molecule has 1 aromatic carbocycles. The number of hydrogen-bond donors (Lipinski definition) is 2. The molecule has 88 valence electrons. The van der Waals surface area contributed by atoms with Gasteiger partial charge < -0.3 is 15.2 Å². The van der Waals surface area contributed by atoms with E-state index in [-0.39, 0.29) is 0 Å². The molecule has 5 heteroatoms. The van der Waals surface area contributed by atoms with Crippen molar-refractivity contribution < 1.29 is 19.4 Å². The Morgan fingerprint density at radius 2 is 2.00 bits per heavy atom. The molecule has 0 amide bonds. The molecule has 0 unspecified atom stereocenters. The predicted molar refractivity (Wildman–Crippen MR) is 60.6 cm³/mol. The monoisotopic (exact) mass is 225 g/mol. The maximum atomic E-state index is 10.4. The summed E-state index contributed by atoms with van der Waals surface area (Å²) in [6, 6.07) is 6.58. The van der Waals surface area contributed by atoms with Crippen molar-refractivity contribution in [3.05, 3.63) is 29.8 Å². The predicted octanol–water partition coefficient (Wildman–Crippen LogP) is 1.61. The molecule has 0 saturated heterocycles. The van der Waals surface area contributed by atoms with E-state index in [1.807, 2.05) is 0 Å². The van der Waals surface area contributed by atoms with Crippen LogP contribution >= 0.6 is 0 Å². The zero-order valence-electron chi connectivity index (χ0n) is 9.27. The van der Waals surface area contributed by atoms with Crippen LogP contribution in [0.1, 0.15) is 17.3 Å². The van der Waals surface area contributed by atoms with Crippen LogP contribution in [-0.2, 0) is 9.53 Å². The highest BCUT2D eigenvalue weighted by atomic mass is 16.5. The second-order valence-corrected chi connectivity index (χ2v) is 2.68. The number of ether oxygens (including phenoxy) is 1. The van der Waals surface area contributed by atoms with E-state index in [1.165, 1.54) is 0 Å². The van der Waals surface area contributed by atoms with Crippen LogP contribution in [0.3, 0.4) is 0 Å². The molecule has 0 saturated carbocycles. The van der Waals surface area contributed by atoms with Crippen molar-refractivity contribution in [3.8, 4) is 0 Å². The van der Waals surface area contributed by atoms with Crippen molar-refractivity contribution in [3.63, 3.8) is 0 Å². The highest BCUT2D eigenvalue weighted by Crippen LogP contribution is 2.07. The van der Waals surface area contributed by atoms with Gasteiger partial charge in [0, 0.05) is 12.7 Å². The zero-order chi connectivity index (χ0) is 12.4. The first-order valence-corrected chi connectivity index (χ1v) is 4.72. The first kappa shape index (κ1) is 14.0. The quantitative estimate of drug-likeness (QED) is 0.761. The van der Waals surface area contributed by atoms with Gasteiger partial charge in [-0.25, -0.2) is 4.79 Å². The number of rotatable bonds is 4. The number of nitrogens with one attached hydrogen (secondary N) is 1. The van der Waals surface area contributed by atoms with Crippen molar-refractivity contribution in [1.29, 1.82) is 0 Å². The van der Waals surface area contributed by atoms with Crippen LogP contribution in [0.15, 0.2) is 24.3 Å². The Bertz CT molecular complexity index is 321. The van der Waals surface area contributed by atoms with Crippen LogP contribution in [0.25, 0.3) is 0 Å².